The van der Waals surface area contributed by atoms with Crippen LogP contribution in [0.3, 0.4) is 0 Å². The number of ether oxygens (including phenoxy) is 2. The number of fused-ring (bicyclic) bond motifs is 6. The average molecular weight is 661 g/mol. The first kappa shape index (κ1) is 30.3. The molecule has 4 fully saturated rings. The number of carbonyl (C=O) groups excluding carboxylic acids is 1. The van der Waals surface area contributed by atoms with Gasteiger partial charge < -0.3 is 19.3 Å². The average Bonchev–Trinajstić information content (AvgIpc) is 3.76. The normalized spacial score (nSPS) is 22.8. The first-order valence-corrected chi connectivity index (χ1v) is 16.6. The molecule has 0 aliphatic carbocycles. The molecule has 4 aromatic rings. The molecule has 0 radical (unpaired) electrons. The van der Waals surface area contributed by atoms with E-state index in [0.29, 0.717) is 35.0 Å². The van der Waals surface area contributed by atoms with Crippen LogP contribution in [0, 0.1) is 23.0 Å². The van der Waals surface area contributed by atoms with Gasteiger partial charge in [0, 0.05) is 66.8 Å². The monoisotopic (exact) mass is 660 g/mol. The summed E-state index contributed by atoms with van der Waals surface area (Å²) in [5.41, 5.74) is 0.789. The van der Waals surface area contributed by atoms with Crippen molar-refractivity contribution in [3.05, 3.63) is 40.7 Å². The van der Waals surface area contributed by atoms with Crippen LogP contribution in [-0.4, -0.2) is 87.8 Å². The molecule has 5 aliphatic rings. The van der Waals surface area contributed by atoms with Gasteiger partial charge in [-0.25, -0.2) is 23.5 Å². The second kappa shape index (κ2) is 11.0. The number of carbonyl (C=O) groups is 1. The number of rotatable bonds is 4. The molecule has 4 saturated heterocycles. The quantitative estimate of drug-likeness (QED) is 0.305. The summed E-state index contributed by atoms with van der Waals surface area (Å²) in [6, 6.07) is 3.65. The van der Waals surface area contributed by atoms with Crippen LogP contribution in [0.4, 0.5) is 24.5 Å². The molecule has 2 unspecified atom stereocenters. The third kappa shape index (κ3) is 4.99. The number of benzene rings is 1. The number of piperidine rings is 1. The highest BCUT2D eigenvalue weighted by Crippen LogP contribution is 2.46. The smallest absolute Gasteiger partial charge is 0.412 e. The molecule has 11 nitrogen and oxygen atoms in total. The van der Waals surface area contributed by atoms with Gasteiger partial charge in [-0.05, 0) is 51.8 Å². The lowest BCUT2D eigenvalue weighted by Gasteiger charge is -2.58. The Morgan fingerprint density at radius 2 is 1.89 bits per heavy atom. The molecular formula is C33H34F2N8O3S. The summed E-state index contributed by atoms with van der Waals surface area (Å²) in [6.45, 7) is 9.19. The van der Waals surface area contributed by atoms with E-state index < -0.39 is 23.3 Å². The second-order valence-electron chi connectivity index (χ2n) is 13.9. The maximum Gasteiger partial charge on any atom is 0.412 e. The molecule has 47 heavy (non-hydrogen) atoms. The molecule has 0 saturated carbocycles. The minimum atomic E-state index is -0.792. The van der Waals surface area contributed by atoms with Gasteiger partial charge in [0.1, 0.15) is 22.2 Å². The van der Waals surface area contributed by atoms with E-state index in [1.54, 1.807) is 27.0 Å². The fourth-order valence-electron chi connectivity index (χ4n) is 7.77. The summed E-state index contributed by atoms with van der Waals surface area (Å²) in [5, 5.41) is 13.5. The summed E-state index contributed by atoms with van der Waals surface area (Å²) < 4.78 is 43.4. The molecular weight excluding hydrogens is 626 g/mol. The number of piperazine rings is 1. The van der Waals surface area contributed by atoms with E-state index in [0.717, 1.165) is 55.7 Å². The van der Waals surface area contributed by atoms with E-state index in [-0.39, 0.29) is 50.6 Å². The molecule has 3 aromatic heterocycles. The van der Waals surface area contributed by atoms with E-state index >= 15 is 8.78 Å². The molecule has 1 amide bonds. The number of hydrogen-bond acceptors (Lipinski definition) is 11. The number of nitrogens with one attached hydrogen (secondary N) is 1. The molecule has 0 spiro atoms. The van der Waals surface area contributed by atoms with Crippen LogP contribution < -0.4 is 10.2 Å². The Bertz CT molecular complexity index is 1990. The van der Waals surface area contributed by atoms with Gasteiger partial charge >= 0.3 is 6.09 Å². The minimum Gasteiger partial charge on any atom is -0.444 e. The summed E-state index contributed by atoms with van der Waals surface area (Å²) >= 11 is 0.873. The Hall–Kier alpha value is -4.03. The van der Waals surface area contributed by atoms with Crippen LogP contribution in [0.15, 0.2) is 12.4 Å². The number of likely N-dealkylation sites (N-methyl/N-ethyl adjacent to an activating group) is 1. The standard InChI is InChI=1S/C33H34F2N8O3S/c1-33(2,3)46-32(44)40-30-19(8-36)25-28(37-10-23(34)29(25)47-30)24-22-15-45-14-21(22)20-9-38-31(39-27(20)26(24)35)42-6-5-16(13-42)43-17-7-18(43)12-41(4)11-17/h9-10,16-18H,5-7,11-15H2,1-4H3,(H,40,44)/t16-,17?,18?/m1/s1. The fraction of sp³-hybridized carbons (Fsp3) is 0.485. The highest BCUT2D eigenvalue weighted by atomic mass is 32.1. The molecule has 244 valence electrons. The van der Waals surface area contributed by atoms with Crippen molar-refractivity contribution in [3.8, 4) is 17.3 Å². The lowest BCUT2D eigenvalue weighted by Crippen LogP contribution is -2.70. The van der Waals surface area contributed by atoms with Crippen LogP contribution in [0.5, 0.6) is 0 Å². The van der Waals surface area contributed by atoms with Crippen molar-refractivity contribution in [2.75, 3.05) is 43.4 Å². The molecule has 2 bridgehead atoms. The van der Waals surface area contributed by atoms with E-state index in [4.69, 9.17) is 14.5 Å². The number of aromatic nitrogens is 3. The zero-order valence-electron chi connectivity index (χ0n) is 26.6. The molecule has 1 N–H and O–H groups in total. The van der Waals surface area contributed by atoms with Gasteiger partial charge in [0.05, 0.1) is 35.4 Å². The zero-order chi connectivity index (χ0) is 32.8. The highest BCUT2D eigenvalue weighted by molar-refractivity contribution is 7.23. The van der Waals surface area contributed by atoms with Gasteiger partial charge in [-0.1, -0.05) is 0 Å². The Morgan fingerprint density at radius 1 is 1.13 bits per heavy atom. The van der Waals surface area contributed by atoms with Crippen molar-refractivity contribution in [1.29, 1.82) is 5.26 Å². The molecule has 14 heteroatoms. The van der Waals surface area contributed by atoms with Gasteiger partial charge in [0.25, 0.3) is 0 Å². The maximum absolute atomic E-state index is 16.9. The number of anilines is 2. The van der Waals surface area contributed by atoms with Gasteiger partial charge in [0.15, 0.2) is 11.6 Å². The van der Waals surface area contributed by atoms with Gasteiger partial charge in [-0.15, -0.1) is 11.3 Å². The summed E-state index contributed by atoms with van der Waals surface area (Å²) in [7, 11) is 2.18. The van der Waals surface area contributed by atoms with Gasteiger partial charge in [0.2, 0.25) is 5.95 Å². The van der Waals surface area contributed by atoms with Crippen molar-refractivity contribution in [2.24, 2.45) is 0 Å². The Labute approximate surface area is 274 Å². The molecule has 3 atom stereocenters. The maximum atomic E-state index is 16.9. The number of nitrogens with zero attached hydrogens (tertiary/aromatic N) is 7. The summed E-state index contributed by atoms with van der Waals surface area (Å²) in [5.74, 6) is -0.871. The fourth-order valence-corrected chi connectivity index (χ4v) is 8.81. The Balaban J connectivity index is 1.20. The van der Waals surface area contributed by atoms with Crippen LogP contribution in [-0.2, 0) is 22.7 Å². The highest BCUT2D eigenvalue weighted by Gasteiger charge is 2.48. The molecule has 1 aromatic carbocycles. The third-order valence-corrected chi connectivity index (χ3v) is 10.7. The van der Waals surface area contributed by atoms with E-state index in [9.17, 15) is 10.1 Å². The summed E-state index contributed by atoms with van der Waals surface area (Å²) in [6.07, 6.45) is 4.13. The lowest BCUT2D eigenvalue weighted by atomic mass is 9.85. The van der Waals surface area contributed by atoms with Crippen LogP contribution >= 0.6 is 11.3 Å². The first-order valence-electron chi connectivity index (χ1n) is 15.8. The molecule has 8 heterocycles. The number of amides is 1. The molecule has 9 rings (SSSR count). The number of halogens is 2. The number of thiophene rings is 1. The number of pyridine rings is 1. The zero-order valence-corrected chi connectivity index (χ0v) is 27.4. The first-order chi connectivity index (χ1) is 22.5. The van der Waals surface area contributed by atoms with Crippen LogP contribution in [0.1, 0.15) is 50.3 Å². The van der Waals surface area contributed by atoms with E-state index in [2.05, 4.69) is 43.1 Å². The molecule has 5 aliphatic heterocycles. The van der Waals surface area contributed by atoms with Crippen molar-refractivity contribution >= 4 is 49.4 Å². The van der Waals surface area contributed by atoms with Gasteiger partial charge in [-0.3, -0.25) is 15.2 Å². The number of hydrogen-bond donors (Lipinski definition) is 1. The van der Waals surface area contributed by atoms with Gasteiger partial charge in [-0.2, -0.15) is 5.26 Å². The number of nitriles is 1. The third-order valence-electron chi connectivity index (χ3n) is 9.62. The largest absolute Gasteiger partial charge is 0.444 e. The topological polar surface area (TPSA) is 120 Å². The van der Waals surface area contributed by atoms with E-state index in [1.165, 1.54) is 6.42 Å². The predicted molar refractivity (Wildman–Crippen MR) is 173 cm³/mol. The minimum absolute atomic E-state index is 0.0292. The Kier molecular flexibility index (Phi) is 7.10. The SMILES string of the molecule is CN1CC2CC(C1)N2[C@@H]1CCN(c2ncc3c4c(c(-c5ncc(F)c6sc(NC(=O)OC(C)(C)C)c(C#N)c56)c(F)c3n2)COC4)C1. The lowest BCUT2D eigenvalue weighted by molar-refractivity contribution is -0.0838. The van der Waals surface area contributed by atoms with Crippen molar-refractivity contribution in [1.82, 2.24) is 24.8 Å². The van der Waals surface area contributed by atoms with Crippen LogP contribution in [0.25, 0.3) is 32.2 Å². The second-order valence-corrected chi connectivity index (χ2v) is 14.9. The Morgan fingerprint density at radius 3 is 2.64 bits per heavy atom. The van der Waals surface area contributed by atoms with Crippen molar-refractivity contribution in [2.45, 2.75) is 70.6 Å². The summed E-state index contributed by atoms with van der Waals surface area (Å²) in [4.78, 5) is 33.6. The van der Waals surface area contributed by atoms with Crippen molar-refractivity contribution in [3.63, 3.8) is 0 Å². The van der Waals surface area contributed by atoms with Crippen molar-refractivity contribution < 1.29 is 23.0 Å². The van der Waals surface area contributed by atoms with Crippen LogP contribution in [0.2, 0.25) is 0 Å². The predicted octanol–water partition coefficient (Wildman–Crippen LogP) is 5.40. The van der Waals surface area contributed by atoms with E-state index in [1.807, 2.05) is 0 Å².